The van der Waals surface area contributed by atoms with Gasteiger partial charge in [-0.05, 0) is 50.9 Å². The fourth-order valence-electron chi connectivity index (χ4n) is 3.47. The zero-order valence-electron chi connectivity index (χ0n) is 16.7. The molecule has 3 rings (SSSR count). The van der Waals surface area contributed by atoms with E-state index in [1.165, 1.54) is 6.42 Å². The van der Waals surface area contributed by atoms with Gasteiger partial charge in [-0.15, -0.1) is 0 Å². The smallest absolute Gasteiger partial charge is 0.229 e. The predicted molar refractivity (Wildman–Crippen MR) is 114 cm³/mol. The Morgan fingerprint density at radius 1 is 1.32 bits per heavy atom. The highest BCUT2D eigenvalue weighted by Crippen LogP contribution is 2.24. The molecule has 1 aromatic carbocycles. The van der Waals surface area contributed by atoms with Crippen molar-refractivity contribution in [3.8, 4) is 6.07 Å². The average molecular weight is 380 g/mol. The highest BCUT2D eigenvalue weighted by Gasteiger charge is 2.20. The zero-order valence-corrected chi connectivity index (χ0v) is 16.7. The fourth-order valence-corrected chi connectivity index (χ4v) is 3.47. The van der Waals surface area contributed by atoms with E-state index >= 15 is 0 Å². The Kier molecular flexibility index (Phi) is 6.66. The number of hydrogen-bond acceptors (Lipinski definition) is 7. The van der Waals surface area contributed by atoms with Crippen LogP contribution in [-0.4, -0.2) is 36.1 Å². The first-order valence-electron chi connectivity index (χ1n) is 9.99. The van der Waals surface area contributed by atoms with Crippen LogP contribution in [0.2, 0.25) is 0 Å². The summed E-state index contributed by atoms with van der Waals surface area (Å²) >= 11 is 0. The molecule has 1 unspecified atom stereocenters. The molecule has 148 valence electrons. The largest absolute Gasteiger partial charge is 0.398 e. The molecule has 1 aliphatic rings. The molecule has 7 heteroatoms. The maximum absolute atomic E-state index is 9.21. The molecule has 7 nitrogen and oxygen atoms in total. The molecule has 0 spiro atoms. The number of likely N-dealkylation sites (N-methyl/N-ethyl adjacent to an activating group) is 1. The normalized spacial score (nSPS) is 16.6. The number of rotatable bonds is 7. The zero-order chi connectivity index (χ0) is 19.9. The maximum Gasteiger partial charge on any atom is 0.229 e. The second kappa shape index (κ2) is 9.38. The second-order valence-corrected chi connectivity index (χ2v) is 7.26. The Labute approximate surface area is 167 Å². The summed E-state index contributed by atoms with van der Waals surface area (Å²) in [5.41, 5.74) is 8.54. The number of nitriles is 1. The fraction of sp³-hybridized carbons (Fsp3) is 0.476. The van der Waals surface area contributed by atoms with E-state index in [4.69, 9.17) is 15.7 Å². The predicted octanol–water partition coefficient (Wildman–Crippen LogP) is 3.20. The Balaban J connectivity index is 1.88. The number of unbranched alkanes of at least 4 members (excludes halogenated alkanes) is 1. The minimum Gasteiger partial charge on any atom is -0.398 e. The average Bonchev–Trinajstić information content (AvgIpc) is 2.73. The van der Waals surface area contributed by atoms with Crippen molar-refractivity contribution >= 4 is 23.1 Å². The molecule has 1 saturated heterocycles. The highest BCUT2D eigenvalue weighted by molar-refractivity contribution is 5.65. The van der Waals surface area contributed by atoms with Crippen molar-refractivity contribution in [2.24, 2.45) is 0 Å². The number of nitrogens with zero attached hydrogens (tertiary/aromatic N) is 4. The van der Waals surface area contributed by atoms with Crippen LogP contribution in [0.3, 0.4) is 0 Å². The van der Waals surface area contributed by atoms with E-state index in [-0.39, 0.29) is 0 Å². The molecule has 1 aromatic heterocycles. The van der Waals surface area contributed by atoms with Crippen molar-refractivity contribution in [2.45, 2.75) is 45.1 Å². The molecular formula is C21H29N7. The van der Waals surface area contributed by atoms with E-state index in [2.05, 4.69) is 34.6 Å². The number of hydrogen-bond donors (Lipinski definition) is 3. The SMILES string of the molecule is CCCCc1cc(N2CCCC(NC)C2)nc(Nc2ccc(N)c(C#N)c2)n1. The molecule has 28 heavy (non-hydrogen) atoms. The molecule has 0 radical (unpaired) electrons. The first kappa shape index (κ1) is 19.9. The molecule has 1 atom stereocenters. The van der Waals surface area contributed by atoms with Gasteiger partial charge in [-0.3, -0.25) is 0 Å². The Morgan fingerprint density at radius 2 is 2.18 bits per heavy atom. The maximum atomic E-state index is 9.21. The number of nitrogens with one attached hydrogen (secondary N) is 2. The summed E-state index contributed by atoms with van der Waals surface area (Å²) in [6.45, 7) is 4.13. The minimum absolute atomic E-state index is 0.445. The van der Waals surface area contributed by atoms with Gasteiger partial charge in [0.05, 0.1) is 5.56 Å². The Morgan fingerprint density at radius 3 is 2.93 bits per heavy atom. The third kappa shape index (κ3) is 4.90. The van der Waals surface area contributed by atoms with Gasteiger partial charge in [0.15, 0.2) is 0 Å². The summed E-state index contributed by atoms with van der Waals surface area (Å²) in [6.07, 6.45) is 5.47. The monoisotopic (exact) mass is 379 g/mol. The quantitative estimate of drug-likeness (QED) is 0.635. The lowest BCUT2D eigenvalue weighted by Crippen LogP contribution is -2.44. The Hall–Kier alpha value is -2.85. The van der Waals surface area contributed by atoms with Gasteiger partial charge >= 0.3 is 0 Å². The van der Waals surface area contributed by atoms with Gasteiger partial charge in [0.2, 0.25) is 5.95 Å². The number of anilines is 4. The van der Waals surface area contributed by atoms with Crippen LogP contribution in [-0.2, 0) is 6.42 Å². The van der Waals surface area contributed by atoms with Crippen molar-refractivity contribution in [3.05, 3.63) is 35.5 Å². The third-order valence-electron chi connectivity index (χ3n) is 5.14. The standard InChI is InChI=1S/C21H29N7/c1-3-4-6-16-12-20(28-10-5-7-18(14-28)24-2)27-21(25-16)26-17-8-9-19(23)15(11-17)13-22/h8-9,11-12,18,24H,3-7,10,14,23H2,1-2H3,(H,25,26,27). The van der Waals surface area contributed by atoms with Crippen molar-refractivity contribution in [1.29, 1.82) is 5.26 Å². The van der Waals surface area contributed by atoms with Gasteiger partial charge in [-0.1, -0.05) is 13.3 Å². The lowest BCUT2D eigenvalue weighted by Gasteiger charge is -2.33. The molecular weight excluding hydrogens is 350 g/mol. The van der Waals surface area contributed by atoms with Gasteiger partial charge in [0.25, 0.3) is 0 Å². The molecule has 4 N–H and O–H groups in total. The Bertz CT molecular complexity index is 843. The summed E-state index contributed by atoms with van der Waals surface area (Å²) < 4.78 is 0. The van der Waals surface area contributed by atoms with Crippen LogP contribution in [0.1, 0.15) is 43.9 Å². The van der Waals surface area contributed by atoms with Gasteiger partial charge in [-0.2, -0.15) is 10.2 Å². The van der Waals surface area contributed by atoms with Crippen molar-refractivity contribution in [3.63, 3.8) is 0 Å². The van der Waals surface area contributed by atoms with E-state index in [1.807, 2.05) is 13.1 Å². The molecule has 0 saturated carbocycles. The number of benzene rings is 1. The van der Waals surface area contributed by atoms with Crippen LogP contribution in [0.5, 0.6) is 0 Å². The summed E-state index contributed by atoms with van der Waals surface area (Å²) in [5, 5.41) is 15.8. The summed E-state index contributed by atoms with van der Waals surface area (Å²) in [6, 6.07) is 10.0. The molecule has 0 amide bonds. The summed E-state index contributed by atoms with van der Waals surface area (Å²) in [7, 11) is 2.02. The van der Waals surface area contributed by atoms with Crippen LogP contribution in [0.25, 0.3) is 0 Å². The molecule has 2 heterocycles. The van der Waals surface area contributed by atoms with Gasteiger partial charge < -0.3 is 21.3 Å². The molecule has 1 fully saturated rings. The van der Waals surface area contributed by atoms with Crippen LogP contribution in [0.4, 0.5) is 23.1 Å². The highest BCUT2D eigenvalue weighted by atomic mass is 15.2. The summed E-state index contributed by atoms with van der Waals surface area (Å²) in [5.74, 6) is 1.52. The van der Waals surface area contributed by atoms with Crippen molar-refractivity contribution in [1.82, 2.24) is 15.3 Å². The number of aryl methyl sites for hydroxylation is 1. The lowest BCUT2D eigenvalue weighted by atomic mass is 10.1. The molecule has 0 bridgehead atoms. The van der Waals surface area contributed by atoms with Crippen LogP contribution < -0.4 is 21.3 Å². The molecule has 0 aliphatic carbocycles. The number of nitrogens with two attached hydrogens (primary N) is 1. The lowest BCUT2D eigenvalue weighted by molar-refractivity contribution is 0.447. The van der Waals surface area contributed by atoms with Crippen LogP contribution in [0, 0.1) is 11.3 Å². The first-order chi connectivity index (χ1) is 13.6. The van der Waals surface area contributed by atoms with Crippen LogP contribution >= 0.6 is 0 Å². The first-order valence-corrected chi connectivity index (χ1v) is 9.99. The second-order valence-electron chi connectivity index (χ2n) is 7.26. The van der Waals surface area contributed by atoms with E-state index in [9.17, 15) is 5.26 Å². The topological polar surface area (TPSA) is 103 Å². The van der Waals surface area contributed by atoms with E-state index in [0.717, 1.165) is 56.0 Å². The molecule has 1 aliphatic heterocycles. The van der Waals surface area contributed by atoms with E-state index in [1.54, 1.807) is 12.1 Å². The number of aromatic nitrogens is 2. The van der Waals surface area contributed by atoms with Gasteiger partial charge in [0, 0.05) is 42.3 Å². The van der Waals surface area contributed by atoms with Crippen molar-refractivity contribution < 1.29 is 0 Å². The van der Waals surface area contributed by atoms with Crippen molar-refractivity contribution in [2.75, 3.05) is 36.1 Å². The van der Waals surface area contributed by atoms with E-state index in [0.29, 0.717) is 23.2 Å². The summed E-state index contributed by atoms with van der Waals surface area (Å²) in [4.78, 5) is 11.8. The van der Waals surface area contributed by atoms with Crippen LogP contribution in [0.15, 0.2) is 24.3 Å². The molecule has 2 aromatic rings. The van der Waals surface area contributed by atoms with Gasteiger partial charge in [-0.25, -0.2) is 4.98 Å². The number of piperidine rings is 1. The number of nitrogen functional groups attached to an aromatic ring is 1. The van der Waals surface area contributed by atoms with E-state index < -0.39 is 0 Å². The third-order valence-corrected chi connectivity index (χ3v) is 5.14. The minimum atomic E-state index is 0.445. The van der Waals surface area contributed by atoms with Gasteiger partial charge in [0.1, 0.15) is 11.9 Å².